The zero-order chi connectivity index (χ0) is 22.7. The van der Waals surface area contributed by atoms with Crippen LogP contribution in [0.3, 0.4) is 0 Å². The second-order valence-electron chi connectivity index (χ2n) is 5.91. The van der Waals surface area contributed by atoms with Crippen molar-refractivity contribution in [3.63, 3.8) is 0 Å². The van der Waals surface area contributed by atoms with Crippen molar-refractivity contribution in [3.05, 3.63) is 58.1 Å². The van der Waals surface area contributed by atoms with Crippen LogP contribution in [-0.2, 0) is 29.4 Å². The van der Waals surface area contributed by atoms with E-state index in [1.165, 1.54) is 18.2 Å². The summed E-state index contributed by atoms with van der Waals surface area (Å²) in [6, 6.07) is 7.67. The van der Waals surface area contributed by atoms with Gasteiger partial charge in [0, 0.05) is 18.0 Å². The predicted octanol–water partition coefficient (Wildman–Crippen LogP) is 0.441. The number of rotatable bonds is 7. The van der Waals surface area contributed by atoms with Crippen molar-refractivity contribution in [1.29, 1.82) is 0 Å². The summed E-state index contributed by atoms with van der Waals surface area (Å²) in [5.41, 5.74) is -1.06. The molecule has 3 N–H and O–H groups in total. The Bertz CT molecular complexity index is 1240. The molecule has 0 aliphatic heterocycles. The van der Waals surface area contributed by atoms with Gasteiger partial charge in [0.05, 0.1) is 15.4 Å². The van der Waals surface area contributed by atoms with Gasteiger partial charge in [0.15, 0.2) is 16.4 Å². The van der Waals surface area contributed by atoms with E-state index >= 15 is 0 Å². The third-order valence-electron chi connectivity index (χ3n) is 3.57. The van der Waals surface area contributed by atoms with Crippen molar-refractivity contribution in [3.8, 4) is 0 Å². The third kappa shape index (κ3) is 5.82. The summed E-state index contributed by atoms with van der Waals surface area (Å²) < 4.78 is 50.6. The van der Waals surface area contributed by atoms with Gasteiger partial charge in [-0.3, -0.25) is 14.9 Å². The molecule has 0 unspecified atom stereocenters. The lowest BCUT2D eigenvalue weighted by Crippen LogP contribution is -2.21. The van der Waals surface area contributed by atoms with Gasteiger partial charge in [-0.15, -0.1) is 0 Å². The minimum Gasteiger partial charge on any atom is -0.452 e. The minimum absolute atomic E-state index is 0.0794. The lowest BCUT2D eigenvalue weighted by atomic mass is 10.2. The number of ether oxygens (including phenoxy) is 1. The number of hydrogen-bond donors (Lipinski definition) is 2. The van der Waals surface area contributed by atoms with Crippen LogP contribution in [0.2, 0.25) is 0 Å². The van der Waals surface area contributed by atoms with E-state index in [4.69, 9.17) is 9.88 Å². The molecule has 2 rings (SSSR count). The van der Waals surface area contributed by atoms with Crippen LogP contribution in [0.1, 0.15) is 10.4 Å². The number of nitrogens with one attached hydrogen (secondary N) is 1. The molecule has 2 aromatic carbocycles. The molecule has 0 radical (unpaired) electrons. The Morgan fingerprint density at radius 3 is 2.37 bits per heavy atom. The van der Waals surface area contributed by atoms with E-state index in [0.29, 0.717) is 0 Å². The van der Waals surface area contributed by atoms with Crippen molar-refractivity contribution < 1.29 is 36.1 Å². The highest BCUT2D eigenvalue weighted by Crippen LogP contribution is 2.25. The number of carbonyl (C=O) groups is 2. The summed E-state index contributed by atoms with van der Waals surface area (Å²) in [7, 11) is -7.89. The number of anilines is 1. The molecule has 0 saturated carbocycles. The second kappa shape index (κ2) is 8.56. The number of nitrogens with zero attached hydrogens (tertiary/aromatic N) is 1. The van der Waals surface area contributed by atoms with Crippen molar-refractivity contribution in [2.75, 3.05) is 18.2 Å². The van der Waals surface area contributed by atoms with Crippen LogP contribution < -0.4 is 10.5 Å². The number of nitro benzene ring substituents is 1. The van der Waals surface area contributed by atoms with E-state index in [1.54, 1.807) is 0 Å². The normalized spacial score (nSPS) is 11.5. The predicted molar refractivity (Wildman–Crippen MR) is 103 cm³/mol. The number of esters is 1. The first-order chi connectivity index (χ1) is 13.8. The van der Waals surface area contributed by atoms with E-state index in [-0.39, 0.29) is 16.1 Å². The molecule has 0 aliphatic rings. The van der Waals surface area contributed by atoms with E-state index in [9.17, 15) is 36.5 Å². The quantitative estimate of drug-likeness (QED) is 0.337. The first kappa shape index (κ1) is 22.9. The minimum atomic E-state index is -3.98. The average Bonchev–Trinajstić information content (AvgIpc) is 2.64. The SMILES string of the molecule is CS(=O)(=O)c1ccc(C(=O)OCC(=O)Nc2cccc(S(N)(=O)=O)c2)cc1[N+](=O)[O-]. The van der Waals surface area contributed by atoms with Crippen molar-refractivity contribution >= 4 is 43.1 Å². The van der Waals surface area contributed by atoms with Gasteiger partial charge < -0.3 is 10.1 Å². The molecule has 12 nitrogen and oxygen atoms in total. The number of amides is 1. The Kier molecular flexibility index (Phi) is 6.54. The molecule has 0 aromatic heterocycles. The van der Waals surface area contributed by atoms with Gasteiger partial charge in [0.1, 0.15) is 4.90 Å². The maximum Gasteiger partial charge on any atom is 0.338 e. The summed E-state index contributed by atoms with van der Waals surface area (Å²) >= 11 is 0. The van der Waals surface area contributed by atoms with Gasteiger partial charge in [-0.05, 0) is 30.3 Å². The van der Waals surface area contributed by atoms with Crippen LogP contribution in [0.15, 0.2) is 52.3 Å². The zero-order valence-corrected chi connectivity index (χ0v) is 16.9. The van der Waals surface area contributed by atoms with Crippen molar-refractivity contribution in [1.82, 2.24) is 0 Å². The molecule has 0 aliphatic carbocycles. The maximum atomic E-state index is 12.1. The number of nitro groups is 1. The van der Waals surface area contributed by atoms with Crippen LogP contribution in [0, 0.1) is 10.1 Å². The molecule has 1 amide bonds. The van der Waals surface area contributed by atoms with E-state index in [2.05, 4.69) is 5.32 Å². The Labute approximate surface area is 170 Å². The highest BCUT2D eigenvalue weighted by atomic mass is 32.2. The fraction of sp³-hybridized carbons (Fsp3) is 0.125. The largest absolute Gasteiger partial charge is 0.452 e. The summed E-state index contributed by atoms with van der Waals surface area (Å²) in [6.07, 6.45) is 0.780. The topological polar surface area (TPSA) is 193 Å². The lowest BCUT2D eigenvalue weighted by molar-refractivity contribution is -0.387. The van der Waals surface area contributed by atoms with Gasteiger partial charge in [-0.1, -0.05) is 6.07 Å². The average molecular weight is 457 g/mol. The highest BCUT2D eigenvalue weighted by molar-refractivity contribution is 7.90. The Hall–Kier alpha value is -3.36. The fourth-order valence-corrected chi connectivity index (χ4v) is 3.65. The summed E-state index contributed by atoms with van der Waals surface area (Å²) in [4.78, 5) is 33.3. The van der Waals surface area contributed by atoms with Crippen molar-refractivity contribution in [2.24, 2.45) is 5.14 Å². The summed E-state index contributed by atoms with van der Waals surface area (Å²) in [5, 5.41) is 18.4. The van der Waals surface area contributed by atoms with E-state index in [1.807, 2.05) is 0 Å². The monoisotopic (exact) mass is 457 g/mol. The standard InChI is InChI=1S/C16H15N3O9S2/c1-29(24,25)14-6-5-10(7-13(14)19(22)23)16(21)28-9-15(20)18-11-3-2-4-12(8-11)30(17,26)27/h2-8H,9H2,1H3,(H,18,20)(H2,17,26,27). The molecule has 30 heavy (non-hydrogen) atoms. The molecular weight excluding hydrogens is 442 g/mol. The molecule has 0 atom stereocenters. The lowest BCUT2D eigenvalue weighted by Gasteiger charge is -2.08. The molecule has 160 valence electrons. The number of benzene rings is 2. The smallest absolute Gasteiger partial charge is 0.338 e. The van der Waals surface area contributed by atoms with Gasteiger partial charge in [0.2, 0.25) is 10.0 Å². The molecule has 0 fully saturated rings. The van der Waals surface area contributed by atoms with Gasteiger partial charge in [-0.25, -0.2) is 26.8 Å². The molecule has 0 heterocycles. The number of carbonyl (C=O) groups excluding carboxylic acids is 2. The number of sulfonamides is 1. The third-order valence-corrected chi connectivity index (χ3v) is 5.63. The molecule has 14 heteroatoms. The van der Waals surface area contributed by atoms with Gasteiger partial charge >= 0.3 is 5.97 Å². The summed E-state index contributed by atoms with van der Waals surface area (Å²) in [5.74, 6) is -1.93. The Balaban J connectivity index is 2.10. The number of primary sulfonamides is 1. The molecule has 0 bridgehead atoms. The molecule has 2 aromatic rings. The van der Waals surface area contributed by atoms with Gasteiger partial charge in [-0.2, -0.15) is 0 Å². The van der Waals surface area contributed by atoms with Crippen molar-refractivity contribution in [2.45, 2.75) is 9.79 Å². The van der Waals surface area contributed by atoms with Crippen LogP contribution in [0.4, 0.5) is 11.4 Å². The second-order valence-corrected chi connectivity index (χ2v) is 9.45. The van der Waals surface area contributed by atoms with E-state index < -0.39 is 53.9 Å². The Morgan fingerprint density at radius 1 is 1.13 bits per heavy atom. The van der Waals surface area contributed by atoms with E-state index in [0.717, 1.165) is 30.5 Å². The van der Waals surface area contributed by atoms with Crippen LogP contribution >= 0.6 is 0 Å². The number of nitrogens with two attached hydrogens (primary N) is 1. The number of hydrogen-bond acceptors (Lipinski definition) is 9. The molecular formula is C16H15N3O9S2. The van der Waals surface area contributed by atoms with Gasteiger partial charge in [0.25, 0.3) is 11.6 Å². The first-order valence-corrected chi connectivity index (χ1v) is 11.3. The Morgan fingerprint density at radius 2 is 1.80 bits per heavy atom. The maximum absolute atomic E-state index is 12.1. The first-order valence-electron chi connectivity index (χ1n) is 7.87. The van der Waals surface area contributed by atoms with Crippen LogP contribution in [0.25, 0.3) is 0 Å². The molecule has 0 saturated heterocycles. The highest BCUT2D eigenvalue weighted by Gasteiger charge is 2.24. The summed E-state index contributed by atoms with van der Waals surface area (Å²) in [6.45, 7) is -0.792. The van der Waals surface area contributed by atoms with Crippen LogP contribution in [0.5, 0.6) is 0 Å². The fourth-order valence-electron chi connectivity index (χ4n) is 2.26. The number of sulfone groups is 1. The molecule has 0 spiro atoms. The zero-order valence-electron chi connectivity index (χ0n) is 15.3. The van der Waals surface area contributed by atoms with Crippen LogP contribution in [-0.4, -0.2) is 46.5 Å².